The Balaban J connectivity index is 2.05. The van der Waals surface area contributed by atoms with Crippen LogP contribution in [-0.2, 0) is 19.4 Å². The van der Waals surface area contributed by atoms with E-state index in [0.29, 0.717) is 49.1 Å². The van der Waals surface area contributed by atoms with Crippen LogP contribution in [0.1, 0.15) is 39.5 Å². The molecule has 29 heavy (non-hydrogen) atoms. The molecule has 1 atom stereocenters. The third kappa shape index (κ3) is 8.28. The number of morpholine rings is 1. The molecule has 0 bridgehead atoms. The Kier molecular flexibility index (Phi) is 10.5. The Morgan fingerprint density at radius 1 is 1.21 bits per heavy atom. The average Bonchev–Trinajstić information content (AvgIpc) is 2.71. The van der Waals surface area contributed by atoms with Gasteiger partial charge in [0.25, 0.3) is 0 Å². The smallest absolute Gasteiger partial charge is 0.185 e. The van der Waals surface area contributed by atoms with Gasteiger partial charge in [-0.15, -0.1) is 0 Å². The second-order valence-electron chi connectivity index (χ2n) is 7.21. The number of nitrogens with zero attached hydrogens (tertiary/aromatic N) is 1. The molecule has 2 rings (SSSR count). The summed E-state index contributed by atoms with van der Waals surface area (Å²) in [4.78, 5) is 13.8. The van der Waals surface area contributed by atoms with Crippen LogP contribution in [0, 0.1) is 0 Å². The highest BCUT2D eigenvalue weighted by Gasteiger charge is 2.28. The zero-order chi connectivity index (χ0) is 21.1. The molecule has 1 saturated heterocycles. The highest BCUT2D eigenvalue weighted by molar-refractivity contribution is 8.13. The molecular formula is C21H33NO5S2. The van der Waals surface area contributed by atoms with E-state index >= 15 is 0 Å². The van der Waals surface area contributed by atoms with E-state index in [1.165, 1.54) is 18.7 Å². The molecular weight excluding hydrogens is 410 g/mol. The van der Waals surface area contributed by atoms with Crippen LogP contribution in [-0.4, -0.2) is 68.9 Å². The quantitative estimate of drug-likeness (QED) is 0.458. The van der Waals surface area contributed by atoms with Crippen LogP contribution in [0.3, 0.4) is 0 Å². The van der Waals surface area contributed by atoms with Crippen molar-refractivity contribution in [1.82, 2.24) is 4.90 Å². The van der Waals surface area contributed by atoms with Gasteiger partial charge in [-0.25, -0.2) is 8.42 Å². The summed E-state index contributed by atoms with van der Waals surface area (Å²) in [6, 6.07) is 6.73. The van der Waals surface area contributed by atoms with E-state index in [1.54, 1.807) is 24.3 Å². The van der Waals surface area contributed by atoms with Gasteiger partial charge < -0.3 is 9.47 Å². The van der Waals surface area contributed by atoms with Crippen LogP contribution in [0.2, 0.25) is 0 Å². The Bertz CT molecular complexity index is 715. The van der Waals surface area contributed by atoms with Crippen molar-refractivity contribution in [3.63, 3.8) is 0 Å². The molecule has 8 heteroatoms. The van der Waals surface area contributed by atoms with Crippen LogP contribution >= 0.6 is 11.8 Å². The van der Waals surface area contributed by atoms with Gasteiger partial charge >= 0.3 is 0 Å². The minimum Gasteiger partial charge on any atom is -0.494 e. The topological polar surface area (TPSA) is 72.9 Å². The average molecular weight is 444 g/mol. The summed E-state index contributed by atoms with van der Waals surface area (Å²) in [7, 11) is -3.48. The van der Waals surface area contributed by atoms with E-state index in [1.807, 2.05) is 0 Å². The number of hydrogen-bond donors (Lipinski definition) is 0. The van der Waals surface area contributed by atoms with Crippen LogP contribution in [0.25, 0.3) is 0 Å². The molecule has 1 unspecified atom stereocenters. The maximum atomic E-state index is 13.3. The van der Waals surface area contributed by atoms with E-state index in [9.17, 15) is 13.2 Å². The lowest BCUT2D eigenvalue weighted by Crippen LogP contribution is -2.38. The van der Waals surface area contributed by atoms with Crippen molar-refractivity contribution in [2.45, 2.75) is 49.7 Å². The van der Waals surface area contributed by atoms with Crippen molar-refractivity contribution < 1.29 is 22.7 Å². The SMILES string of the molecule is CCCCOc1ccc(S(=O)(=O)C(CCSC(C)=O)CCN2CCOCC2)cc1. The summed E-state index contributed by atoms with van der Waals surface area (Å²) in [5.41, 5.74) is 0. The van der Waals surface area contributed by atoms with Crippen molar-refractivity contribution in [2.75, 3.05) is 45.2 Å². The third-order valence-corrected chi connectivity index (χ3v) is 8.10. The van der Waals surface area contributed by atoms with E-state index in [0.717, 1.165) is 32.5 Å². The minimum atomic E-state index is -3.48. The highest BCUT2D eigenvalue weighted by Crippen LogP contribution is 2.25. The molecule has 6 nitrogen and oxygen atoms in total. The molecule has 1 aliphatic rings. The Morgan fingerprint density at radius 3 is 2.52 bits per heavy atom. The molecule has 0 amide bonds. The number of sulfone groups is 1. The fourth-order valence-corrected chi connectivity index (χ4v) is 5.78. The van der Waals surface area contributed by atoms with Gasteiger partial charge in [-0.1, -0.05) is 25.1 Å². The number of hydrogen-bond acceptors (Lipinski definition) is 7. The van der Waals surface area contributed by atoms with Crippen molar-refractivity contribution in [1.29, 1.82) is 0 Å². The minimum absolute atomic E-state index is 0.0166. The Labute approximate surface area is 179 Å². The van der Waals surface area contributed by atoms with Crippen molar-refractivity contribution in [2.24, 2.45) is 0 Å². The molecule has 1 aromatic rings. The lowest BCUT2D eigenvalue weighted by Gasteiger charge is -2.28. The number of thioether (sulfide) groups is 1. The van der Waals surface area contributed by atoms with Gasteiger partial charge in [0.2, 0.25) is 0 Å². The molecule has 0 aliphatic carbocycles. The zero-order valence-corrected chi connectivity index (χ0v) is 19.1. The normalized spacial score (nSPS) is 16.5. The lowest BCUT2D eigenvalue weighted by atomic mass is 10.2. The molecule has 1 fully saturated rings. The molecule has 1 heterocycles. The first kappa shape index (κ1) is 24.2. The van der Waals surface area contributed by atoms with Gasteiger partial charge in [0, 0.05) is 25.8 Å². The predicted octanol–water partition coefficient (Wildman–Crippen LogP) is 3.40. The molecule has 0 radical (unpaired) electrons. The van der Waals surface area contributed by atoms with Gasteiger partial charge in [-0.2, -0.15) is 0 Å². The first-order chi connectivity index (χ1) is 13.9. The van der Waals surface area contributed by atoms with E-state index in [4.69, 9.17) is 9.47 Å². The number of rotatable bonds is 12. The van der Waals surface area contributed by atoms with Gasteiger partial charge in [0.15, 0.2) is 15.0 Å². The summed E-state index contributed by atoms with van der Waals surface area (Å²) >= 11 is 1.19. The summed E-state index contributed by atoms with van der Waals surface area (Å²) in [5.74, 6) is 1.20. The second kappa shape index (κ2) is 12.6. The largest absolute Gasteiger partial charge is 0.494 e. The molecule has 0 aromatic heterocycles. The van der Waals surface area contributed by atoms with Crippen LogP contribution in [0.5, 0.6) is 5.75 Å². The van der Waals surface area contributed by atoms with E-state index in [2.05, 4.69) is 11.8 Å². The van der Waals surface area contributed by atoms with Crippen LogP contribution in [0.15, 0.2) is 29.2 Å². The maximum Gasteiger partial charge on any atom is 0.185 e. The molecule has 1 aliphatic heterocycles. The van der Waals surface area contributed by atoms with Crippen molar-refractivity contribution in [3.05, 3.63) is 24.3 Å². The summed E-state index contributed by atoms with van der Waals surface area (Å²) < 4.78 is 37.6. The third-order valence-electron chi connectivity index (χ3n) is 4.97. The predicted molar refractivity (Wildman–Crippen MR) is 117 cm³/mol. The number of unbranched alkanes of at least 4 members (excludes halogenated alkanes) is 1. The van der Waals surface area contributed by atoms with Crippen molar-refractivity contribution >= 4 is 26.7 Å². The monoisotopic (exact) mass is 443 g/mol. The standard InChI is InChI=1S/C21H33NO5S2/c1-3-4-14-27-19-5-7-20(8-6-19)29(24,25)21(10-17-28-18(2)23)9-11-22-12-15-26-16-13-22/h5-8,21H,3-4,9-17H2,1-2H3. The molecule has 0 N–H and O–H groups in total. The molecule has 164 valence electrons. The Morgan fingerprint density at radius 2 is 1.90 bits per heavy atom. The number of carbonyl (C=O) groups excluding carboxylic acids is 1. The van der Waals surface area contributed by atoms with Crippen molar-refractivity contribution in [3.8, 4) is 5.75 Å². The summed E-state index contributed by atoms with van der Waals surface area (Å²) in [5, 5.41) is -0.494. The van der Waals surface area contributed by atoms with Gasteiger partial charge in [0.05, 0.1) is 30.0 Å². The zero-order valence-electron chi connectivity index (χ0n) is 17.5. The molecule has 0 spiro atoms. The first-order valence-electron chi connectivity index (χ1n) is 10.3. The Hall–Kier alpha value is -1.09. The maximum absolute atomic E-state index is 13.3. The molecule has 1 aromatic carbocycles. The molecule has 0 saturated carbocycles. The number of ether oxygens (including phenoxy) is 2. The fraction of sp³-hybridized carbons (Fsp3) is 0.667. The fourth-order valence-electron chi connectivity index (χ4n) is 3.19. The van der Waals surface area contributed by atoms with E-state index in [-0.39, 0.29) is 5.12 Å². The first-order valence-corrected chi connectivity index (χ1v) is 12.9. The highest BCUT2D eigenvalue weighted by atomic mass is 32.2. The number of carbonyl (C=O) groups is 1. The van der Waals surface area contributed by atoms with Gasteiger partial charge in [-0.3, -0.25) is 9.69 Å². The summed E-state index contributed by atoms with van der Waals surface area (Å²) in [6.45, 7) is 8.01. The lowest BCUT2D eigenvalue weighted by molar-refractivity contribution is -0.109. The van der Waals surface area contributed by atoms with Gasteiger partial charge in [-0.05, 0) is 50.1 Å². The van der Waals surface area contributed by atoms with Gasteiger partial charge in [0.1, 0.15) is 5.75 Å². The second-order valence-corrected chi connectivity index (χ2v) is 10.7. The van der Waals surface area contributed by atoms with Crippen LogP contribution < -0.4 is 4.74 Å². The number of benzene rings is 1. The van der Waals surface area contributed by atoms with E-state index < -0.39 is 15.1 Å². The van der Waals surface area contributed by atoms with Crippen LogP contribution in [0.4, 0.5) is 0 Å². The summed E-state index contributed by atoms with van der Waals surface area (Å²) in [6.07, 6.45) is 3.04.